The molecule has 3 aromatic rings. The Labute approximate surface area is 172 Å². The van der Waals surface area contributed by atoms with Gasteiger partial charge in [0.1, 0.15) is 11.7 Å². The highest BCUT2D eigenvalue weighted by Crippen LogP contribution is 2.29. The number of hydrogen-bond acceptors (Lipinski definition) is 3. The summed E-state index contributed by atoms with van der Waals surface area (Å²) in [7, 11) is 1.52. The minimum absolute atomic E-state index is 0.257. The first-order chi connectivity index (χ1) is 14.5. The number of benzene rings is 2. The van der Waals surface area contributed by atoms with Gasteiger partial charge in [-0.3, -0.25) is 9.59 Å². The first-order valence-corrected chi connectivity index (χ1v) is 9.38. The Bertz CT molecular complexity index is 1150. The van der Waals surface area contributed by atoms with Crippen LogP contribution < -0.4 is 15.4 Å². The lowest BCUT2D eigenvalue weighted by atomic mass is 9.91. The summed E-state index contributed by atoms with van der Waals surface area (Å²) in [6.07, 6.45) is 7.44. The SMILES string of the molecule is COc1ccc(C(=O)NC2(F)C=CC=CC2C(=O)Nc2ccc3cc[nH]c3c2)cc1. The normalized spacial score (nSPS) is 20.1. The standard InChI is InChI=1S/C23H20FN3O3/c1-30-18-9-6-16(7-10-18)21(28)27-23(24)12-3-2-4-19(23)22(29)26-17-8-5-15-11-13-25-20(15)14-17/h2-14,19,25H,1H3,(H,26,29)(H,27,28). The second-order valence-corrected chi connectivity index (χ2v) is 6.94. The van der Waals surface area contributed by atoms with Crippen molar-refractivity contribution >= 4 is 28.4 Å². The molecule has 2 amide bonds. The highest BCUT2D eigenvalue weighted by atomic mass is 19.1. The molecule has 7 heteroatoms. The number of fused-ring (bicyclic) bond motifs is 1. The van der Waals surface area contributed by atoms with Gasteiger partial charge in [0.25, 0.3) is 5.91 Å². The molecule has 0 saturated carbocycles. The number of anilines is 1. The van der Waals surface area contributed by atoms with Crippen LogP contribution in [0.3, 0.4) is 0 Å². The Balaban J connectivity index is 1.51. The maximum atomic E-state index is 15.7. The van der Waals surface area contributed by atoms with Gasteiger partial charge in [-0.15, -0.1) is 0 Å². The van der Waals surface area contributed by atoms with E-state index in [0.717, 1.165) is 10.9 Å². The topological polar surface area (TPSA) is 83.2 Å². The second kappa shape index (κ2) is 7.87. The molecule has 0 bridgehead atoms. The summed E-state index contributed by atoms with van der Waals surface area (Å²) < 4.78 is 20.8. The fraction of sp³-hybridized carbons (Fsp3) is 0.130. The predicted molar refractivity (Wildman–Crippen MR) is 113 cm³/mol. The molecule has 152 valence electrons. The first-order valence-electron chi connectivity index (χ1n) is 9.38. The minimum Gasteiger partial charge on any atom is -0.497 e. The Morgan fingerprint density at radius 3 is 2.67 bits per heavy atom. The highest BCUT2D eigenvalue weighted by molar-refractivity contribution is 5.99. The summed E-state index contributed by atoms with van der Waals surface area (Å²) in [5.74, 6) is -4.22. The Kier molecular flexibility index (Phi) is 5.10. The molecule has 0 radical (unpaired) electrons. The molecule has 0 saturated heterocycles. The molecular formula is C23H20FN3O3. The maximum absolute atomic E-state index is 15.7. The van der Waals surface area contributed by atoms with Gasteiger partial charge in [-0.25, -0.2) is 4.39 Å². The van der Waals surface area contributed by atoms with Crippen LogP contribution in [0.25, 0.3) is 10.9 Å². The second-order valence-electron chi connectivity index (χ2n) is 6.94. The number of aromatic amines is 1. The predicted octanol–water partition coefficient (Wildman–Crippen LogP) is 3.95. The van der Waals surface area contributed by atoms with Gasteiger partial charge < -0.3 is 20.4 Å². The number of ether oxygens (including phenoxy) is 1. The van der Waals surface area contributed by atoms with Crippen LogP contribution >= 0.6 is 0 Å². The minimum atomic E-state index is -2.37. The van der Waals surface area contributed by atoms with E-state index in [1.54, 1.807) is 36.5 Å². The Morgan fingerprint density at radius 1 is 1.10 bits per heavy atom. The number of allylic oxidation sites excluding steroid dienone is 2. The molecule has 0 spiro atoms. The van der Waals surface area contributed by atoms with Crippen molar-refractivity contribution in [3.05, 3.63) is 84.6 Å². The van der Waals surface area contributed by atoms with E-state index in [9.17, 15) is 9.59 Å². The van der Waals surface area contributed by atoms with Gasteiger partial charge in [-0.1, -0.05) is 24.3 Å². The highest BCUT2D eigenvalue weighted by Gasteiger charge is 2.42. The Morgan fingerprint density at radius 2 is 1.90 bits per heavy atom. The van der Waals surface area contributed by atoms with Gasteiger partial charge in [0.05, 0.1) is 7.11 Å². The van der Waals surface area contributed by atoms with Crippen LogP contribution in [0.15, 0.2) is 79.0 Å². The van der Waals surface area contributed by atoms with E-state index in [1.165, 1.54) is 37.5 Å². The molecule has 1 aliphatic carbocycles. The number of hydrogen-bond donors (Lipinski definition) is 3. The molecule has 2 atom stereocenters. The molecule has 0 fully saturated rings. The largest absolute Gasteiger partial charge is 0.497 e. The zero-order chi connectivity index (χ0) is 21.1. The summed E-state index contributed by atoms with van der Waals surface area (Å²) in [5, 5.41) is 6.06. The smallest absolute Gasteiger partial charge is 0.253 e. The van der Waals surface area contributed by atoms with E-state index in [-0.39, 0.29) is 5.56 Å². The molecular weight excluding hydrogens is 385 g/mol. The van der Waals surface area contributed by atoms with Gasteiger partial charge in [-0.05, 0) is 53.9 Å². The van der Waals surface area contributed by atoms with Crippen molar-refractivity contribution in [2.24, 2.45) is 5.92 Å². The van der Waals surface area contributed by atoms with Gasteiger partial charge in [-0.2, -0.15) is 0 Å². The zero-order valence-corrected chi connectivity index (χ0v) is 16.2. The molecule has 1 aliphatic rings. The van der Waals surface area contributed by atoms with E-state index in [1.807, 2.05) is 12.1 Å². The molecule has 2 aromatic carbocycles. The fourth-order valence-corrected chi connectivity index (χ4v) is 3.35. The van der Waals surface area contributed by atoms with Gasteiger partial charge in [0.2, 0.25) is 11.7 Å². The lowest BCUT2D eigenvalue weighted by molar-refractivity contribution is -0.122. The number of methoxy groups -OCH3 is 1. The lowest BCUT2D eigenvalue weighted by Crippen LogP contribution is -2.52. The molecule has 2 unspecified atom stereocenters. The third kappa shape index (κ3) is 3.82. The van der Waals surface area contributed by atoms with E-state index in [2.05, 4.69) is 15.6 Å². The number of carbonyl (C=O) groups is 2. The van der Waals surface area contributed by atoms with Crippen molar-refractivity contribution in [3.63, 3.8) is 0 Å². The summed E-state index contributed by atoms with van der Waals surface area (Å²) in [6.45, 7) is 0. The monoisotopic (exact) mass is 405 g/mol. The number of amides is 2. The number of halogens is 1. The summed E-state index contributed by atoms with van der Waals surface area (Å²) >= 11 is 0. The summed E-state index contributed by atoms with van der Waals surface area (Å²) in [5.41, 5.74) is 1.64. The van der Waals surface area contributed by atoms with Crippen molar-refractivity contribution in [1.29, 1.82) is 0 Å². The number of rotatable bonds is 5. The molecule has 4 rings (SSSR count). The van der Waals surface area contributed by atoms with Crippen molar-refractivity contribution in [2.75, 3.05) is 12.4 Å². The number of carbonyl (C=O) groups excluding carboxylic acids is 2. The van der Waals surface area contributed by atoms with E-state index < -0.39 is 23.5 Å². The van der Waals surface area contributed by atoms with Crippen molar-refractivity contribution in [3.8, 4) is 5.75 Å². The fourth-order valence-electron chi connectivity index (χ4n) is 3.35. The average molecular weight is 405 g/mol. The first kappa shape index (κ1) is 19.4. The van der Waals surface area contributed by atoms with Crippen LogP contribution in [0.1, 0.15) is 10.4 Å². The molecule has 0 aliphatic heterocycles. The number of alkyl halides is 1. The molecule has 30 heavy (non-hydrogen) atoms. The van der Waals surface area contributed by atoms with Gasteiger partial charge in [0, 0.05) is 23.0 Å². The summed E-state index contributed by atoms with van der Waals surface area (Å²) in [4.78, 5) is 28.5. The van der Waals surface area contributed by atoms with E-state index in [4.69, 9.17) is 4.74 Å². The molecule has 1 heterocycles. The average Bonchev–Trinajstić information content (AvgIpc) is 3.21. The number of H-pyrrole nitrogens is 1. The zero-order valence-electron chi connectivity index (χ0n) is 16.2. The van der Waals surface area contributed by atoms with Crippen molar-refractivity contribution in [2.45, 2.75) is 5.79 Å². The van der Waals surface area contributed by atoms with Crippen LogP contribution in [0.5, 0.6) is 5.75 Å². The van der Waals surface area contributed by atoms with Crippen molar-refractivity contribution in [1.82, 2.24) is 10.3 Å². The van der Waals surface area contributed by atoms with Crippen molar-refractivity contribution < 1.29 is 18.7 Å². The molecule has 1 aromatic heterocycles. The van der Waals surface area contributed by atoms with E-state index in [0.29, 0.717) is 11.4 Å². The van der Waals surface area contributed by atoms with Crippen LogP contribution in [-0.2, 0) is 4.79 Å². The molecule has 3 N–H and O–H groups in total. The third-order valence-corrected chi connectivity index (χ3v) is 4.97. The third-order valence-electron chi connectivity index (χ3n) is 4.97. The number of nitrogens with one attached hydrogen (secondary N) is 3. The van der Waals surface area contributed by atoms with Crippen LogP contribution in [0, 0.1) is 5.92 Å². The van der Waals surface area contributed by atoms with Gasteiger partial charge >= 0.3 is 0 Å². The number of aromatic nitrogens is 1. The van der Waals surface area contributed by atoms with Crippen LogP contribution in [0.4, 0.5) is 10.1 Å². The van der Waals surface area contributed by atoms with Crippen LogP contribution in [0.2, 0.25) is 0 Å². The maximum Gasteiger partial charge on any atom is 0.253 e. The molecule has 6 nitrogen and oxygen atoms in total. The quantitative estimate of drug-likeness (QED) is 0.562. The lowest BCUT2D eigenvalue weighted by Gasteiger charge is -2.31. The van der Waals surface area contributed by atoms with E-state index >= 15 is 4.39 Å². The van der Waals surface area contributed by atoms with Gasteiger partial charge in [0.15, 0.2) is 0 Å². The summed E-state index contributed by atoms with van der Waals surface area (Å²) in [6, 6.07) is 13.6. The Hall–Kier alpha value is -3.87. The van der Waals surface area contributed by atoms with Crippen LogP contribution in [-0.4, -0.2) is 29.7 Å².